The van der Waals surface area contributed by atoms with Crippen molar-refractivity contribution in [1.82, 2.24) is 10.6 Å². The molecule has 38 heavy (non-hydrogen) atoms. The van der Waals surface area contributed by atoms with E-state index in [0.29, 0.717) is 55.4 Å². The fourth-order valence-electron chi connectivity index (χ4n) is 5.48. The summed E-state index contributed by atoms with van der Waals surface area (Å²) in [5.41, 5.74) is 20.6. The SMILES string of the molecule is Nc1ccc2c3c(c(C(=O)NC4CCCNC4)sc13)C(N)C(=O)C2(N)c1ccc(Oc2ccccc2)cc1. The van der Waals surface area contributed by atoms with Crippen molar-refractivity contribution >= 4 is 38.8 Å². The first-order valence-corrected chi connectivity index (χ1v) is 13.5. The average molecular weight is 528 g/mol. The van der Waals surface area contributed by atoms with Crippen LogP contribution in [0.25, 0.3) is 10.1 Å². The number of nitrogens with two attached hydrogens (primary N) is 3. The number of ether oxygens (including phenoxy) is 1. The number of nitrogen functional groups attached to an aromatic ring is 1. The highest BCUT2D eigenvalue weighted by Crippen LogP contribution is 2.49. The molecule has 1 fully saturated rings. The van der Waals surface area contributed by atoms with Crippen LogP contribution in [0, 0.1) is 0 Å². The first-order valence-electron chi connectivity index (χ1n) is 12.7. The number of nitrogens with one attached hydrogen (secondary N) is 2. The van der Waals surface area contributed by atoms with Crippen LogP contribution < -0.4 is 32.6 Å². The lowest BCUT2D eigenvalue weighted by Crippen LogP contribution is -2.52. The van der Waals surface area contributed by atoms with E-state index in [1.807, 2.05) is 30.3 Å². The summed E-state index contributed by atoms with van der Waals surface area (Å²) >= 11 is 1.27. The summed E-state index contributed by atoms with van der Waals surface area (Å²) in [4.78, 5) is 27.7. The molecule has 6 rings (SSSR count). The molecule has 4 aromatic rings. The lowest BCUT2D eigenvalue weighted by atomic mass is 9.70. The minimum atomic E-state index is -1.51. The third-order valence-corrected chi connectivity index (χ3v) is 8.69. The van der Waals surface area contributed by atoms with E-state index in [1.54, 1.807) is 36.4 Å². The van der Waals surface area contributed by atoms with Gasteiger partial charge in [-0.3, -0.25) is 9.59 Å². The molecule has 3 unspecified atom stereocenters. The van der Waals surface area contributed by atoms with Gasteiger partial charge >= 0.3 is 0 Å². The summed E-state index contributed by atoms with van der Waals surface area (Å²) in [6, 6.07) is 19.0. The Labute approximate surface area is 224 Å². The molecule has 1 aromatic heterocycles. The van der Waals surface area contributed by atoms with Gasteiger partial charge < -0.3 is 32.6 Å². The van der Waals surface area contributed by atoms with Crippen molar-refractivity contribution in [3.63, 3.8) is 0 Å². The summed E-state index contributed by atoms with van der Waals surface area (Å²) < 4.78 is 6.62. The Morgan fingerprint density at radius 3 is 2.50 bits per heavy atom. The minimum absolute atomic E-state index is 0.0196. The molecular formula is C29H29N5O3S. The fraction of sp³-hybridized carbons (Fsp3) is 0.241. The van der Waals surface area contributed by atoms with E-state index >= 15 is 0 Å². The van der Waals surface area contributed by atoms with Crippen LogP contribution in [0.4, 0.5) is 5.69 Å². The summed E-state index contributed by atoms with van der Waals surface area (Å²) in [6.07, 6.45) is 1.89. The number of ketones is 1. The van der Waals surface area contributed by atoms with Gasteiger partial charge in [-0.25, -0.2) is 0 Å². The van der Waals surface area contributed by atoms with E-state index in [2.05, 4.69) is 10.6 Å². The number of amides is 1. The maximum atomic E-state index is 13.9. The maximum Gasteiger partial charge on any atom is 0.262 e. The molecule has 0 spiro atoms. The number of piperidine rings is 1. The first-order chi connectivity index (χ1) is 18.4. The first kappa shape index (κ1) is 24.6. The predicted molar refractivity (Wildman–Crippen MR) is 149 cm³/mol. The van der Waals surface area contributed by atoms with Crippen LogP contribution in [0.2, 0.25) is 0 Å². The van der Waals surface area contributed by atoms with Gasteiger partial charge in [-0.15, -0.1) is 11.3 Å². The molecule has 8 N–H and O–H groups in total. The van der Waals surface area contributed by atoms with E-state index in [9.17, 15) is 9.59 Å². The van der Waals surface area contributed by atoms with Crippen molar-refractivity contribution in [2.24, 2.45) is 11.5 Å². The Balaban J connectivity index is 1.41. The van der Waals surface area contributed by atoms with Crippen LogP contribution in [0.5, 0.6) is 11.5 Å². The summed E-state index contributed by atoms with van der Waals surface area (Å²) in [6.45, 7) is 1.65. The second-order valence-electron chi connectivity index (χ2n) is 9.86. The molecule has 0 radical (unpaired) electrons. The van der Waals surface area contributed by atoms with Crippen molar-refractivity contribution in [3.8, 4) is 11.5 Å². The number of anilines is 1. The third-order valence-electron chi connectivity index (χ3n) is 7.44. The lowest BCUT2D eigenvalue weighted by molar-refractivity contribution is -0.124. The molecule has 2 heterocycles. The molecule has 8 nitrogen and oxygen atoms in total. The highest BCUT2D eigenvalue weighted by molar-refractivity contribution is 7.21. The van der Waals surface area contributed by atoms with Crippen molar-refractivity contribution < 1.29 is 14.3 Å². The highest BCUT2D eigenvalue weighted by Gasteiger charge is 2.48. The van der Waals surface area contributed by atoms with Gasteiger partial charge in [-0.2, -0.15) is 0 Å². The number of hydrogen-bond donors (Lipinski definition) is 5. The van der Waals surface area contributed by atoms with Crippen molar-refractivity contribution in [3.05, 3.63) is 88.3 Å². The van der Waals surface area contributed by atoms with Crippen LogP contribution >= 0.6 is 11.3 Å². The number of para-hydroxylation sites is 1. The standard InChI is InChI=1S/C29H29N5O3S/c30-21-13-12-20-22-23(26(38-25(21)22)28(36)34-17-5-4-14-33-15-17)24(31)27(35)29(20,32)16-8-10-19(11-9-16)37-18-6-2-1-3-7-18/h1-3,6-13,17,24,33H,4-5,14-15,30-32H2,(H,34,36). The zero-order valence-electron chi connectivity index (χ0n) is 20.7. The number of Topliss-reactive ketones (excluding diaryl/α,β-unsaturated/α-hetero) is 1. The monoisotopic (exact) mass is 527 g/mol. The maximum absolute atomic E-state index is 13.9. The largest absolute Gasteiger partial charge is 0.457 e. The molecule has 1 aliphatic carbocycles. The molecule has 194 valence electrons. The summed E-state index contributed by atoms with van der Waals surface area (Å²) in [5, 5.41) is 7.10. The summed E-state index contributed by atoms with van der Waals surface area (Å²) in [5.74, 6) is 0.706. The van der Waals surface area contributed by atoms with Gasteiger partial charge in [0.1, 0.15) is 17.0 Å². The van der Waals surface area contributed by atoms with E-state index < -0.39 is 11.6 Å². The predicted octanol–water partition coefficient (Wildman–Crippen LogP) is 3.54. The van der Waals surface area contributed by atoms with Crippen LogP contribution in [-0.2, 0) is 10.3 Å². The Hall–Kier alpha value is -3.76. The number of benzene rings is 3. The van der Waals surface area contributed by atoms with Gasteiger partial charge in [0, 0.05) is 29.2 Å². The fourth-order valence-corrected chi connectivity index (χ4v) is 6.69. The Kier molecular flexibility index (Phi) is 6.16. The zero-order chi connectivity index (χ0) is 26.4. The molecule has 3 atom stereocenters. The number of hydrogen-bond acceptors (Lipinski definition) is 8. The second-order valence-corrected chi connectivity index (χ2v) is 10.9. The van der Waals surface area contributed by atoms with Gasteiger partial charge in [0.25, 0.3) is 5.91 Å². The van der Waals surface area contributed by atoms with Crippen molar-refractivity contribution in [1.29, 1.82) is 0 Å². The summed E-state index contributed by atoms with van der Waals surface area (Å²) in [7, 11) is 0. The van der Waals surface area contributed by atoms with Gasteiger partial charge in [0.15, 0.2) is 5.78 Å². The van der Waals surface area contributed by atoms with Crippen LogP contribution in [0.1, 0.15) is 45.2 Å². The molecule has 1 amide bonds. The van der Waals surface area contributed by atoms with Gasteiger partial charge in [-0.05, 0) is 60.8 Å². The van der Waals surface area contributed by atoms with E-state index in [4.69, 9.17) is 21.9 Å². The molecule has 2 aliphatic rings. The normalized spacial score (nSPS) is 22.8. The van der Waals surface area contributed by atoms with E-state index in [0.717, 1.165) is 19.4 Å². The van der Waals surface area contributed by atoms with Gasteiger partial charge in [-0.1, -0.05) is 36.4 Å². The number of thiophene rings is 1. The average Bonchev–Trinajstić information content (AvgIpc) is 3.35. The molecule has 9 heteroatoms. The van der Waals surface area contributed by atoms with Gasteiger partial charge in [0.2, 0.25) is 0 Å². The minimum Gasteiger partial charge on any atom is -0.457 e. The van der Waals surface area contributed by atoms with E-state index in [1.165, 1.54) is 11.3 Å². The number of carbonyl (C=O) groups excluding carboxylic acids is 2. The third kappa shape index (κ3) is 3.95. The zero-order valence-corrected chi connectivity index (χ0v) is 21.5. The molecule has 1 saturated heterocycles. The number of rotatable bonds is 5. The Bertz CT molecular complexity index is 1530. The molecule has 1 aliphatic heterocycles. The van der Waals surface area contributed by atoms with Crippen LogP contribution in [-0.4, -0.2) is 30.8 Å². The molecule has 3 aromatic carbocycles. The highest BCUT2D eigenvalue weighted by atomic mass is 32.1. The topological polar surface area (TPSA) is 145 Å². The van der Waals surface area contributed by atoms with Crippen LogP contribution in [0.15, 0.2) is 66.7 Å². The molecule has 0 bridgehead atoms. The van der Waals surface area contributed by atoms with Gasteiger partial charge in [0.05, 0.1) is 15.6 Å². The quantitative estimate of drug-likeness (QED) is 0.250. The van der Waals surface area contributed by atoms with E-state index in [-0.39, 0.29) is 17.7 Å². The second kappa shape index (κ2) is 9.52. The van der Waals surface area contributed by atoms with Crippen molar-refractivity contribution in [2.75, 3.05) is 18.8 Å². The Morgan fingerprint density at radius 2 is 1.79 bits per heavy atom. The Morgan fingerprint density at radius 1 is 1.05 bits per heavy atom. The van der Waals surface area contributed by atoms with Crippen molar-refractivity contribution in [2.45, 2.75) is 30.5 Å². The number of carbonyl (C=O) groups is 2. The lowest BCUT2D eigenvalue weighted by Gasteiger charge is -2.36. The van der Waals surface area contributed by atoms with Crippen LogP contribution in [0.3, 0.4) is 0 Å². The molecular weight excluding hydrogens is 498 g/mol. The molecule has 0 saturated carbocycles. The smallest absolute Gasteiger partial charge is 0.262 e.